The third-order valence-corrected chi connectivity index (χ3v) is 7.73. The predicted molar refractivity (Wildman–Crippen MR) is 128 cm³/mol. The van der Waals surface area contributed by atoms with Crippen LogP contribution in [0, 0.1) is 5.92 Å². The predicted octanol–water partition coefficient (Wildman–Crippen LogP) is 5.07. The molecule has 174 valence electrons. The molecule has 1 unspecified atom stereocenters. The zero-order chi connectivity index (χ0) is 23.0. The van der Waals surface area contributed by atoms with Crippen LogP contribution in [0.25, 0.3) is 0 Å². The Balaban J connectivity index is 1.72. The minimum Gasteiger partial charge on any atom is -0.478 e. The lowest BCUT2D eigenvalue weighted by Crippen LogP contribution is -2.30. The highest BCUT2D eigenvalue weighted by atomic mass is 35.5. The van der Waals surface area contributed by atoms with Gasteiger partial charge in [0.25, 0.3) is 0 Å². The first-order chi connectivity index (χ1) is 15.4. The number of carboxylic acids is 1. The fourth-order valence-corrected chi connectivity index (χ4v) is 5.61. The molecular formula is C24H31ClN2O4S. The van der Waals surface area contributed by atoms with E-state index in [1.807, 2.05) is 30.3 Å². The van der Waals surface area contributed by atoms with Gasteiger partial charge in [0.05, 0.1) is 10.5 Å². The first kappa shape index (κ1) is 24.6. The maximum Gasteiger partial charge on any atom is 0.337 e. The van der Waals surface area contributed by atoms with E-state index >= 15 is 0 Å². The van der Waals surface area contributed by atoms with Crippen molar-refractivity contribution in [1.29, 1.82) is 0 Å². The van der Waals surface area contributed by atoms with E-state index in [1.165, 1.54) is 24.6 Å². The van der Waals surface area contributed by atoms with E-state index in [2.05, 4.69) is 10.0 Å². The largest absolute Gasteiger partial charge is 0.478 e. The van der Waals surface area contributed by atoms with Gasteiger partial charge in [-0.1, -0.05) is 49.6 Å². The number of hydrogen-bond donors (Lipinski definition) is 3. The third-order valence-electron chi connectivity index (χ3n) is 6.09. The van der Waals surface area contributed by atoms with Gasteiger partial charge in [0.1, 0.15) is 0 Å². The highest BCUT2D eigenvalue weighted by molar-refractivity contribution is 7.89. The maximum atomic E-state index is 12.8. The van der Waals surface area contributed by atoms with Crippen molar-refractivity contribution in [3.05, 3.63) is 59.7 Å². The lowest BCUT2D eigenvalue weighted by molar-refractivity contribution is 0.0697. The van der Waals surface area contributed by atoms with Gasteiger partial charge in [-0.25, -0.2) is 17.9 Å². The summed E-state index contributed by atoms with van der Waals surface area (Å²) in [6.45, 7) is 0.880. The standard InChI is InChI=1S/C24H31ClN2O4S/c25-14-13-20(19-9-5-2-6-10-19)17-26-23-12-11-21(15-22(23)24(28)29)32(30,31)27-16-18-7-3-1-4-8-18/h2,5-6,9-12,15,18,20,26-27H,1,3-4,7-8,13-14,16-17H2,(H,28,29). The van der Waals surface area contributed by atoms with Crippen LogP contribution in [0.15, 0.2) is 53.4 Å². The van der Waals surface area contributed by atoms with Crippen LogP contribution in [-0.4, -0.2) is 38.5 Å². The summed E-state index contributed by atoms with van der Waals surface area (Å²) >= 11 is 5.97. The van der Waals surface area contributed by atoms with Crippen molar-refractivity contribution < 1.29 is 18.3 Å². The van der Waals surface area contributed by atoms with Crippen LogP contribution in [0.2, 0.25) is 0 Å². The zero-order valence-corrected chi connectivity index (χ0v) is 19.7. The molecule has 1 saturated carbocycles. The smallest absolute Gasteiger partial charge is 0.337 e. The number of aromatic carboxylic acids is 1. The van der Waals surface area contributed by atoms with Gasteiger partial charge >= 0.3 is 5.97 Å². The minimum atomic E-state index is -3.77. The number of nitrogens with one attached hydrogen (secondary N) is 2. The number of benzene rings is 2. The molecule has 2 aromatic carbocycles. The highest BCUT2D eigenvalue weighted by Crippen LogP contribution is 2.26. The number of sulfonamides is 1. The molecule has 0 spiro atoms. The van der Waals surface area contributed by atoms with Crippen LogP contribution >= 0.6 is 11.6 Å². The molecule has 1 fully saturated rings. The number of carbonyl (C=O) groups is 1. The Labute approximate surface area is 195 Å². The summed E-state index contributed by atoms with van der Waals surface area (Å²) in [6, 6.07) is 14.1. The molecule has 32 heavy (non-hydrogen) atoms. The van der Waals surface area contributed by atoms with Crippen molar-refractivity contribution in [3.63, 3.8) is 0 Å². The van der Waals surface area contributed by atoms with Crippen LogP contribution in [0.3, 0.4) is 0 Å². The number of carboxylic acid groups (broad SMARTS) is 1. The first-order valence-electron chi connectivity index (χ1n) is 11.1. The number of rotatable bonds is 11. The SMILES string of the molecule is O=C(O)c1cc(S(=O)(=O)NCC2CCCCC2)ccc1NCC(CCCl)c1ccccc1. The van der Waals surface area contributed by atoms with Gasteiger partial charge in [-0.15, -0.1) is 11.6 Å². The van der Waals surface area contributed by atoms with Crippen molar-refractivity contribution in [3.8, 4) is 0 Å². The fraction of sp³-hybridized carbons (Fsp3) is 0.458. The molecule has 1 aliphatic carbocycles. The second-order valence-electron chi connectivity index (χ2n) is 8.33. The van der Waals surface area contributed by atoms with Gasteiger partial charge in [0.2, 0.25) is 10.0 Å². The second kappa shape index (κ2) is 11.7. The summed E-state index contributed by atoms with van der Waals surface area (Å²) in [7, 11) is -3.77. The Morgan fingerprint density at radius 2 is 1.81 bits per heavy atom. The Morgan fingerprint density at radius 1 is 1.09 bits per heavy atom. The van der Waals surface area contributed by atoms with Crippen LogP contribution < -0.4 is 10.0 Å². The highest BCUT2D eigenvalue weighted by Gasteiger charge is 2.22. The molecule has 0 amide bonds. The van der Waals surface area contributed by atoms with Gasteiger partial charge in [-0.2, -0.15) is 0 Å². The Kier molecular flexibility index (Phi) is 8.96. The average molecular weight is 479 g/mol. The second-order valence-corrected chi connectivity index (χ2v) is 10.5. The molecule has 3 rings (SSSR count). The van der Waals surface area contributed by atoms with E-state index in [0.717, 1.165) is 37.7 Å². The Morgan fingerprint density at radius 3 is 2.47 bits per heavy atom. The van der Waals surface area contributed by atoms with Crippen molar-refractivity contribution in [2.75, 3.05) is 24.3 Å². The normalized spacial score (nSPS) is 15.9. The van der Waals surface area contributed by atoms with Crippen molar-refractivity contribution in [2.24, 2.45) is 5.92 Å². The molecule has 0 aromatic heterocycles. The molecule has 0 aliphatic heterocycles. The van der Waals surface area contributed by atoms with Crippen molar-refractivity contribution in [1.82, 2.24) is 4.72 Å². The summed E-state index contributed by atoms with van der Waals surface area (Å²) < 4.78 is 28.2. The molecule has 1 atom stereocenters. The van der Waals surface area contributed by atoms with E-state index in [0.29, 0.717) is 30.6 Å². The molecule has 1 aliphatic rings. The van der Waals surface area contributed by atoms with Gasteiger partial charge in [-0.05, 0) is 48.9 Å². The lowest BCUT2D eigenvalue weighted by atomic mass is 9.90. The molecule has 3 N–H and O–H groups in total. The zero-order valence-electron chi connectivity index (χ0n) is 18.1. The van der Waals surface area contributed by atoms with Crippen molar-refractivity contribution >= 4 is 33.3 Å². The van der Waals surface area contributed by atoms with E-state index in [-0.39, 0.29) is 16.4 Å². The summed E-state index contributed by atoms with van der Waals surface area (Å²) in [5.74, 6) is -0.242. The van der Waals surface area contributed by atoms with Gasteiger partial charge in [0, 0.05) is 30.6 Å². The van der Waals surface area contributed by atoms with E-state index in [4.69, 9.17) is 11.6 Å². The van der Waals surface area contributed by atoms with Crippen LogP contribution in [0.5, 0.6) is 0 Å². The summed E-state index contributed by atoms with van der Waals surface area (Å²) in [4.78, 5) is 11.8. The monoisotopic (exact) mass is 478 g/mol. The Bertz CT molecular complexity index is 992. The van der Waals surface area contributed by atoms with E-state index in [1.54, 1.807) is 0 Å². The molecule has 8 heteroatoms. The molecule has 0 heterocycles. The molecular weight excluding hydrogens is 448 g/mol. The third kappa shape index (κ3) is 6.70. The van der Waals surface area contributed by atoms with Gasteiger partial charge in [0.15, 0.2) is 0 Å². The molecule has 0 radical (unpaired) electrons. The molecule has 2 aromatic rings. The molecule has 0 bridgehead atoms. The van der Waals surface area contributed by atoms with E-state index < -0.39 is 16.0 Å². The quantitative estimate of drug-likeness (QED) is 0.392. The van der Waals surface area contributed by atoms with Gasteiger partial charge in [-0.3, -0.25) is 0 Å². The maximum absolute atomic E-state index is 12.8. The number of hydrogen-bond acceptors (Lipinski definition) is 4. The Hall–Kier alpha value is -2.09. The van der Waals surface area contributed by atoms with E-state index in [9.17, 15) is 18.3 Å². The fourth-order valence-electron chi connectivity index (χ4n) is 4.20. The van der Waals surface area contributed by atoms with Crippen LogP contribution in [0.4, 0.5) is 5.69 Å². The van der Waals surface area contributed by atoms with Crippen molar-refractivity contribution in [2.45, 2.75) is 49.3 Å². The topological polar surface area (TPSA) is 95.5 Å². The molecule has 6 nitrogen and oxygen atoms in total. The van der Waals surface area contributed by atoms with Gasteiger partial charge < -0.3 is 10.4 Å². The van der Waals surface area contributed by atoms with Crippen LogP contribution in [-0.2, 0) is 10.0 Å². The number of anilines is 1. The average Bonchev–Trinajstić information content (AvgIpc) is 2.81. The lowest BCUT2D eigenvalue weighted by Gasteiger charge is -2.22. The van der Waals surface area contributed by atoms with Crippen LogP contribution in [0.1, 0.15) is 60.4 Å². The number of halogens is 1. The summed E-state index contributed by atoms with van der Waals surface area (Å²) in [5, 5.41) is 12.9. The summed E-state index contributed by atoms with van der Waals surface area (Å²) in [5.41, 5.74) is 1.44. The number of alkyl halides is 1. The first-order valence-corrected chi connectivity index (χ1v) is 13.1. The molecule has 0 saturated heterocycles. The minimum absolute atomic E-state index is 0.0309. The summed E-state index contributed by atoms with van der Waals surface area (Å²) in [6.07, 6.45) is 6.24.